The molecule has 0 unspecified atom stereocenters. The summed E-state index contributed by atoms with van der Waals surface area (Å²) in [5.41, 5.74) is 1.41. The molecule has 0 radical (unpaired) electrons. The molecule has 1 amide bonds. The highest BCUT2D eigenvalue weighted by Crippen LogP contribution is 2.31. The molecular weight excluding hydrogens is 333 g/mol. The van der Waals surface area contributed by atoms with Crippen molar-refractivity contribution in [2.24, 2.45) is 0 Å². The second-order valence-electron chi connectivity index (χ2n) is 7.21. The first-order valence-electron chi connectivity index (χ1n) is 9.09. The predicted molar refractivity (Wildman–Crippen MR) is 96.4 cm³/mol. The fourth-order valence-corrected chi connectivity index (χ4v) is 4.14. The van der Waals surface area contributed by atoms with Gasteiger partial charge in [0.1, 0.15) is 11.4 Å². The minimum absolute atomic E-state index is 0.147. The van der Waals surface area contributed by atoms with Gasteiger partial charge in [-0.3, -0.25) is 14.6 Å². The van der Waals surface area contributed by atoms with Crippen molar-refractivity contribution in [1.82, 2.24) is 24.9 Å². The molecule has 2 aliphatic heterocycles. The van der Waals surface area contributed by atoms with Gasteiger partial charge in [0.25, 0.3) is 0 Å². The molecule has 0 atom stereocenters. The average Bonchev–Trinajstić information content (AvgIpc) is 3.16. The first kappa shape index (κ1) is 17.2. The summed E-state index contributed by atoms with van der Waals surface area (Å²) in [5, 5.41) is 7.29. The number of carbonyl (C=O) groups is 1. The van der Waals surface area contributed by atoms with Crippen LogP contribution in [0.5, 0.6) is 0 Å². The number of carbonyl (C=O) groups excluding carboxylic acids is 1. The minimum Gasteiger partial charge on any atom is -0.353 e. The van der Waals surface area contributed by atoms with Gasteiger partial charge in [0.15, 0.2) is 0 Å². The lowest BCUT2D eigenvalue weighted by atomic mass is 9.83. The third-order valence-electron chi connectivity index (χ3n) is 5.76. The molecule has 0 saturated carbocycles. The van der Waals surface area contributed by atoms with Crippen LogP contribution in [0.3, 0.4) is 0 Å². The van der Waals surface area contributed by atoms with Gasteiger partial charge in [-0.15, -0.1) is 0 Å². The third-order valence-corrected chi connectivity index (χ3v) is 5.76. The van der Waals surface area contributed by atoms with Crippen LogP contribution in [0.25, 0.3) is 5.69 Å². The number of nitrogens with zero attached hydrogens (tertiary/aromatic N) is 4. The lowest BCUT2D eigenvalue weighted by Gasteiger charge is -2.48. The highest BCUT2D eigenvalue weighted by molar-refractivity contribution is 5.87. The van der Waals surface area contributed by atoms with Crippen molar-refractivity contribution in [1.29, 1.82) is 0 Å². The number of piperidine rings is 1. The molecule has 3 heterocycles. The zero-order valence-electron chi connectivity index (χ0n) is 15.0. The Kier molecular flexibility index (Phi) is 4.50. The van der Waals surface area contributed by atoms with E-state index in [4.69, 9.17) is 0 Å². The molecule has 2 aliphatic rings. The van der Waals surface area contributed by atoms with E-state index in [1.807, 2.05) is 19.3 Å². The topological polar surface area (TPSA) is 53.4 Å². The summed E-state index contributed by atoms with van der Waals surface area (Å²) in [6, 6.07) is 6.68. The van der Waals surface area contributed by atoms with Crippen molar-refractivity contribution >= 4 is 5.91 Å². The van der Waals surface area contributed by atoms with E-state index in [0.29, 0.717) is 6.54 Å². The average molecular weight is 357 g/mol. The number of piperazine rings is 1. The zero-order chi connectivity index (χ0) is 18.1. The van der Waals surface area contributed by atoms with Gasteiger partial charge in [-0.1, -0.05) is 0 Å². The Morgan fingerprint density at radius 3 is 2.77 bits per heavy atom. The van der Waals surface area contributed by atoms with Crippen molar-refractivity contribution in [3.63, 3.8) is 0 Å². The second kappa shape index (κ2) is 6.81. The molecule has 2 aromatic rings. The van der Waals surface area contributed by atoms with E-state index in [0.717, 1.165) is 50.3 Å². The summed E-state index contributed by atoms with van der Waals surface area (Å²) in [5.74, 6) is -0.0929. The van der Waals surface area contributed by atoms with Crippen LogP contribution in [0.2, 0.25) is 0 Å². The number of aromatic nitrogens is 2. The molecule has 1 spiro atoms. The van der Waals surface area contributed by atoms with E-state index >= 15 is 0 Å². The summed E-state index contributed by atoms with van der Waals surface area (Å²) in [6.07, 6.45) is 5.17. The number of amides is 1. The van der Waals surface area contributed by atoms with Gasteiger partial charge in [-0.2, -0.15) is 5.10 Å². The van der Waals surface area contributed by atoms with Crippen molar-refractivity contribution in [3.05, 3.63) is 48.0 Å². The third kappa shape index (κ3) is 3.01. The molecule has 7 heteroatoms. The van der Waals surface area contributed by atoms with Crippen LogP contribution in [0.15, 0.2) is 36.7 Å². The molecular formula is C19H24FN5O. The Balaban J connectivity index is 1.50. The number of nitrogens with one attached hydrogen (secondary N) is 1. The maximum Gasteiger partial charge on any atom is 0.240 e. The Morgan fingerprint density at radius 2 is 2.08 bits per heavy atom. The number of rotatable bonds is 3. The second-order valence-corrected chi connectivity index (χ2v) is 7.21. The van der Waals surface area contributed by atoms with E-state index in [1.165, 1.54) is 6.07 Å². The van der Waals surface area contributed by atoms with E-state index in [9.17, 15) is 9.18 Å². The maximum atomic E-state index is 13.8. The van der Waals surface area contributed by atoms with Crippen molar-refractivity contribution < 1.29 is 9.18 Å². The molecule has 4 rings (SSSR count). The fraction of sp³-hybridized carbons (Fsp3) is 0.474. The number of likely N-dealkylation sites (tertiary alicyclic amines) is 1. The maximum absolute atomic E-state index is 13.8. The molecule has 1 aromatic carbocycles. The lowest BCUT2D eigenvalue weighted by Crippen LogP contribution is -2.66. The normalized spacial score (nSPS) is 21.1. The van der Waals surface area contributed by atoms with Gasteiger partial charge >= 0.3 is 0 Å². The van der Waals surface area contributed by atoms with E-state index in [1.54, 1.807) is 23.0 Å². The van der Waals surface area contributed by atoms with Crippen molar-refractivity contribution in [3.8, 4) is 5.69 Å². The van der Waals surface area contributed by atoms with Crippen molar-refractivity contribution in [2.75, 3.05) is 33.2 Å². The fourth-order valence-electron chi connectivity index (χ4n) is 4.14. The van der Waals surface area contributed by atoms with Crippen LogP contribution >= 0.6 is 0 Å². The summed E-state index contributed by atoms with van der Waals surface area (Å²) in [7, 11) is 2.04. The monoisotopic (exact) mass is 357 g/mol. The van der Waals surface area contributed by atoms with Crippen LogP contribution in [0.1, 0.15) is 18.4 Å². The summed E-state index contributed by atoms with van der Waals surface area (Å²) >= 11 is 0. The summed E-state index contributed by atoms with van der Waals surface area (Å²) < 4.78 is 15.6. The number of benzene rings is 1. The summed E-state index contributed by atoms with van der Waals surface area (Å²) in [6.45, 7) is 3.88. The Hall–Kier alpha value is -2.25. The largest absolute Gasteiger partial charge is 0.353 e. The molecule has 1 aromatic heterocycles. The molecule has 0 aliphatic carbocycles. The molecule has 2 saturated heterocycles. The van der Waals surface area contributed by atoms with Crippen LogP contribution in [-0.4, -0.2) is 64.3 Å². The minimum atomic E-state index is -0.387. The highest BCUT2D eigenvalue weighted by Gasteiger charge is 2.46. The van der Waals surface area contributed by atoms with Gasteiger partial charge in [-0.05, 0) is 49.7 Å². The van der Waals surface area contributed by atoms with E-state index < -0.39 is 0 Å². The van der Waals surface area contributed by atoms with Crippen LogP contribution in [0.4, 0.5) is 4.39 Å². The first-order chi connectivity index (χ1) is 12.6. The Bertz CT molecular complexity index is 783. The number of halogens is 1. The predicted octanol–water partition coefficient (Wildman–Crippen LogP) is 1.41. The van der Waals surface area contributed by atoms with Gasteiger partial charge in [-0.25, -0.2) is 9.07 Å². The number of hydrogen-bond donors (Lipinski definition) is 1. The molecule has 138 valence electrons. The van der Waals surface area contributed by atoms with Crippen LogP contribution in [-0.2, 0) is 11.3 Å². The lowest BCUT2D eigenvalue weighted by molar-refractivity contribution is -0.140. The van der Waals surface area contributed by atoms with E-state index in [-0.39, 0.29) is 17.3 Å². The van der Waals surface area contributed by atoms with Crippen LogP contribution < -0.4 is 5.32 Å². The van der Waals surface area contributed by atoms with Gasteiger partial charge in [0.2, 0.25) is 5.91 Å². The molecule has 0 bridgehead atoms. The quantitative estimate of drug-likeness (QED) is 0.902. The summed E-state index contributed by atoms with van der Waals surface area (Å²) in [4.78, 5) is 17.0. The van der Waals surface area contributed by atoms with Gasteiger partial charge in [0, 0.05) is 45.1 Å². The SMILES string of the molecule is CN1CCNC(=O)C12CCN(Cc1cc(F)ccc1-n1cccn1)CC2. The van der Waals surface area contributed by atoms with E-state index in [2.05, 4.69) is 20.2 Å². The first-order valence-corrected chi connectivity index (χ1v) is 9.09. The molecule has 2 fully saturated rings. The molecule has 1 N–H and O–H groups in total. The van der Waals surface area contributed by atoms with Crippen molar-refractivity contribution in [2.45, 2.75) is 24.9 Å². The van der Waals surface area contributed by atoms with Crippen LogP contribution in [0, 0.1) is 5.82 Å². The zero-order valence-corrected chi connectivity index (χ0v) is 15.0. The van der Waals surface area contributed by atoms with Gasteiger partial charge < -0.3 is 5.32 Å². The molecule has 26 heavy (non-hydrogen) atoms. The Labute approximate surface area is 152 Å². The number of likely N-dealkylation sites (N-methyl/N-ethyl adjacent to an activating group) is 1. The standard InChI is InChI=1S/C19H24FN5O/c1-23-12-8-21-18(26)19(23)5-10-24(11-6-19)14-15-13-16(20)3-4-17(15)25-9-2-7-22-25/h2-4,7,9,13H,5-6,8,10-12,14H2,1H3,(H,21,26). The Morgan fingerprint density at radius 1 is 1.27 bits per heavy atom. The highest BCUT2D eigenvalue weighted by atomic mass is 19.1. The smallest absolute Gasteiger partial charge is 0.240 e. The number of hydrogen-bond acceptors (Lipinski definition) is 4. The molecule has 6 nitrogen and oxygen atoms in total. The van der Waals surface area contributed by atoms with Gasteiger partial charge in [0.05, 0.1) is 5.69 Å².